The Bertz CT molecular complexity index is 1120. The standard InChI is InChI=1S/C26H27N3O3S/c1-18(2)17-32-23-14-7-6-13-22(23)25(31)29-26(33)28-21-12-8-11-20(16-21)27-24(30)15-19-9-4-3-5-10-19/h3-14,16,18H,15,17H2,1-2H3,(H,27,30)(H2,28,29,31,33). The smallest absolute Gasteiger partial charge is 0.261 e. The van der Waals surface area contributed by atoms with Crippen molar-refractivity contribution in [1.82, 2.24) is 5.32 Å². The largest absolute Gasteiger partial charge is 0.492 e. The number of hydrogen-bond donors (Lipinski definition) is 3. The number of ether oxygens (including phenoxy) is 1. The fourth-order valence-corrected chi connectivity index (χ4v) is 3.24. The lowest BCUT2D eigenvalue weighted by Crippen LogP contribution is -2.34. The van der Waals surface area contributed by atoms with Crippen LogP contribution in [0.15, 0.2) is 78.9 Å². The van der Waals surface area contributed by atoms with Crippen LogP contribution in [-0.4, -0.2) is 23.5 Å². The van der Waals surface area contributed by atoms with Crippen LogP contribution < -0.4 is 20.7 Å². The highest BCUT2D eigenvalue weighted by Gasteiger charge is 2.14. The lowest BCUT2D eigenvalue weighted by atomic mass is 10.1. The highest BCUT2D eigenvalue weighted by Crippen LogP contribution is 2.19. The fraction of sp³-hybridized carbons (Fsp3) is 0.192. The van der Waals surface area contributed by atoms with E-state index in [-0.39, 0.29) is 23.3 Å². The first-order chi connectivity index (χ1) is 15.9. The fourth-order valence-electron chi connectivity index (χ4n) is 3.03. The summed E-state index contributed by atoms with van der Waals surface area (Å²) in [6, 6.07) is 23.7. The molecule has 3 aromatic carbocycles. The Kier molecular flexibility index (Phi) is 8.55. The number of thiocarbonyl (C=S) groups is 1. The number of benzene rings is 3. The van der Waals surface area contributed by atoms with E-state index in [0.29, 0.717) is 35.2 Å². The lowest BCUT2D eigenvalue weighted by Gasteiger charge is -2.14. The summed E-state index contributed by atoms with van der Waals surface area (Å²) in [6.45, 7) is 4.59. The van der Waals surface area contributed by atoms with Crippen molar-refractivity contribution >= 4 is 40.5 Å². The van der Waals surface area contributed by atoms with Crippen molar-refractivity contribution in [2.75, 3.05) is 17.2 Å². The molecule has 7 heteroatoms. The topological polar surface area (TPSA) is 79.5 Å². The second-order valence-electron chi connectivity index (χ2n) is 7.90. The molecule has 0 aromatic heterocycles. The molecule has 0 saturated carbocycles. The molecule has 170 valence electrons. The van der Waals surface area contributed by atoms with E-state index in [2.05, 4.69) is 16.0 Å². The highest BCUT2D eigenvalue weighted by molar-refractivity contribution is 7.80. The normalized spacial score (nSPS) is 10.4. The van der Waals surface area contributed by atoms with E-state index < -0.39 is 0 Å². The molecular weight excluding hydrogens is 434 g/mol. The number of rotatable bonds is 8. The number of carbonyl (C=O) groups excluding carboxylic acids is 2. The average Bonchev–Trinajstić information content (AvgIpc) is 2.78. The first kappa shape index (κ1) is 23.9. The maximum atomic E-state index is 12.7. The summed E-state index contributed by atoms with van der Waals surface area (Å²) in [6.07, 6.45) is 0.283. The Morgan fingerprint density at radius 1 is 0.879 bits per heavy atom. The average molecular weight is 462 g/mol. The second kappa shape index (κ2) is 11.8. The van der Waals surface area contributed by atoms with Crippen molar-refractivity contribution in [3.63, 3.8) is 0 Å². The van der Waals surface area contributed by atoms with Crippen LogP contribution in [0.4, 0.5) is 11.4 Å². The summed E-state index contributed by atoms with van der Waals surface area (Å²) in [5, 5.41) is 8.68. The van der Waals surface area contributed by atoms with Crippen molar-refractivity contribution in [3.05, 3.63) is 90.0 Å². The van der Waals surface area contributed by atoms with Crippen LogP contribution >= 0.6 is 12.2 Å². The van der Waals surface area contributed by atoms with E-state index in [9.17, 15) is 9.59 Å². The quantitative estimate of drug-likeness (QED) is 0.410. The molecule has 2 amide bonds. The zero-order chi connectivity index (χ0) is 23.6. The van der Waals surface area contributed by atoms with Crippen molar-refractivity contribution in [2.24, 2.45) is 5.92 Å². The summed E-state index contributed by atoms with van der Waals surface area (Å²) >= 11 is 5.31. The minimum absolute atomic E-state index is 0.118. The molecule has 0 saturated heterocycles. The Morgan fingerprint density at radius 3 is 2.27 bits per heavy atom. The number of para-hydroxylation sites is 1. The van der Waals surface area contributed by atoms with Gasteiger partial charge in [0.2, 0.25) is 5.91 Å². The van der Waals surface area contributed by atoms with Gasteiger partial charge in [0.15, 0.2) is 5.11 Å². The van der Waals surface area contributed by atoms with E-state index in [1.807, 2.05) is 50.2 Å². The molecule has 0 atom stereocenters. The van der Waals surface area contributed by atoms with Gasteiger partial charge in [0, 0.05) is 11.4 Å². The third-order valence-corrected chi connectivity index (χ3v) is 4.75. The molecule has 6 nitrogen and oxygen atoms in total. The number of anilines is 2. The van der Waals surface area contributed by atoms with E-state index >= 15 is 0 Å². The summed E-state index contributed by atoms with van der Waals surface area (Å²) in [5.41, 5.74) is 2.61. The van der Waals surface area contributed by atoms with Crippen LogP contribution in [-0.2, 0) is 11.2 Å². The molecule has 0 bridgehead atoms. The molecular formula is C26H27N3O3S. The van der Waals surface area contributed by atoms with Crippen LogP contribution in [0, 0.1) is 5.92 Å². The Labute approximate surface area is 199 Å². The zero-order valence-corrected chi connectivity index (χ0v) is 19.4. The van der Waals surface area contributed by atoms with Gasteiger partial charge in [-0.15, -0.1) is 0 Å². The van der Waals surface area contributed by atoms with Crippen LogP contribution in [0.1, 0.15) is 29.8 Å². The SMILES string of the molecule is CC(C)COc1ccccc1C(=O)NC(=S)Nc1cccc(NC(=O)Cc2ccccc2)c1. The van der Waals surface area contributed by atoms with Gasteiger partial charge in [0.05, 0.1) is 18.6 Å². The van der Waals surface area contributed by atoms with Crippen molar-refractivity contribution in [1.29, 1.82) is 0 Å². The minimum atomic E-state index is -0.362. The van der Waals surface area contributed by atoms with Gasteiger partial charge in [-0.05, 0) is 54.0 Å². The number of amides is 2. The number of hydrogen-bond acceptors (Lipinski definition) is 4. The maximum Gasteiger partial charge on any atom is 0.261 e. The molecule has 3 rings (SSSR count). The van der Waals surface area contributed by atoms with Gasteiger partial charge in [-0.2, -0.15) is 0 Å². The summed E-state index contributed by atoms with van der Waals surface area (Å²) < 4.78 is 5.75. The molecule has 3 N–H and O–H groups in total. The van der Waals surface area contributed by atoms with E-state index in [4.69, 9.17) is 17.0 Å². The Hall–Kier alpha value is -3.71. The van der Waals surface area contributed by atoms with Crippen molar-refractivity contribution < 1.29 is 14.3 Å². The third kappa shape index (κ3) is 7.73. The van der Waals surface area contributed by atoms with Gasteiger partial charge in [-0.25, -0.2) is 0 Å². The molecule has 0 aliphatic rings. The maximum absolute atomic E-state index is 12.7. The van der Waals surface area contributed by atoms with Gasteiger partial charge >= 0.3 is 0 Å². The van der Waals surface area contributed by atoms with Gasteiger partial charge in [0.25, 0.3) is 5.91 Å². The summed E-state index contributed by atoms with van der Waals surface area (Å²) in [7, 11) is 0. The zero-order valence-electron chi connectivity index (χ0n) is 18.6. The monoisotopic (exact) mass is 461 g/mol. The van der Waals surface area contributed by atoms with Gasteiger partial charge in [0.1, 0.15) is 5.75 Å². The van der Waals surface area contributed by atoms with Crippen LogP contribution in [0.3, 0.4) is 0 Å². The van der Waals surface area contributed by atoms with E-state index in [0.717, 1.165) is 5.56 Å². The van der Waals surface area contributed by atoms with Crippen LogP contribution in [0.5, 0.6) is 5.75 Å². The molecule has 33 heavy (non-hydrogen) atoms. The first-order valence-electron chi connectivity index (χ1n) is 10.7. The summed E-state index contributed by atoms with van der Waals surface area (Å²) in [4.78, 5) is 25.0. The van der Waals surface area contributed by atoms with Gasteiger partial charge in [-0.1, -0.05) is 62.4 Å². The molecule has 0 aliphatic heterocycles. The minimum Gasteiger partial charge on any atom is -0.492 e. The highest BCUT2D eigenvalue weighted by atomic mass is 32.1. The third-order valence-electron chi connectivity index (χ3n) is 4.54. The second-order valence-corrected chi connectivity index (χ2v) is 8.31. The van der Waals surface area contributed by atoms with E-state index in [1.165, 1.54) is 0 Å². The molecule has 3 aromatic rings. The molecule has 0 heterocycles. The lowest BCUT2D eigenvalue weighted by molar-refractivity contribution is -0.115. The van der Waals surface area contributed by atoms with Crippen LogP contribution in [0.2, 0.25) is 0 Å². The summed E-state index contributed by atoms with van der Waals surface area (Å²) in [5.74, 6) is 0.366. The van der Waals surface area contributed by atoms with Gasteiger partial charge < -0.3 is 15.4 Å². The predicted octanol–water partition coefficient (Wildman–Crippen LogP) is 5.03. The first-order valence-corrected chi connectivity index (χ1v) is 11.1. The van der Waals surface area contributed by atoms with Crippen LogP contribution in [0.25, 0.3) is 0 Å². The Balaban J connectivity index is 1.57. The molecule has 0 radical (unpaired) electrons. The molecule has 0 unspecified atom stereocenters. The predicted molar refractivity (Wildman–Crippen MR) is 136 cm³/mol. The van der Waals surface area contributed by atoms with Crippen molar-refractivity contribution in [3.8, 4) is 5.75 Å². The molecule has 0 aliphatic carbocycles. The van der Waals surface area contributed by atoms with Gasteiger partial charge in [-0.3, -0.25) is 14.9 Å². The Morgan fingerprint density at radius 2 is 1.55 bits per heavy atom. The number of nitrogens with one attached hydrogen (secondary N) is 3. The van der Waals surface area contributed by atoms with E-state index in [1.54, 1.807) is 42.5 Å². The number of carbonyl (C=O) groups is 2. The van der Waals surface area contributed by atoms with Crippen molar-refractivity contribution in [2.45, 2.75) is 20.3 Å². The molecule has 0 fully saturated rings. The molecule has 0 spiro atoms.